The number of rotatable bonds is 9. The van der Waals surface area contributed by atoms with E-state index in [0.29, 0.717) is 11.7 Å². The van der Waals surface area contributed by atoms with Crippen LogP contribution in [0.25, 0.3) is 0 Å². The van der Waals surface area contributed by atoms with Crippen molar-refractivity contribution in [2.45, 2.75) is 31.5 Å². The standard InChI is InChI=1S/C19H23N3O5S/c1-4-27-18(25)16-17(20-14(23)10-11-15(24)26-2)21-19(28-3)22(16)12-13-8-6-5-7-9-13/h5-9H,4,10-12H2,1-3H3,(H,20,23). The van der Waals surface area contributed by atoms with Gasteiger partial charge in [-0.15, -0.1) is 0 Å². The van der Waals surface area contributed by atoms with Crippen LogP contribution in [0.5, 0.6) is 0 Å². The minimum absolute atomic E-state index is 0.0584. The average molecular weight is 405 g/mol. The van der Waals surface area contributed by atoms with E-state index in [1.807, 2.05) is 36.6 Å². The molecule has 0 aliphatic rings. The first-order chi connectivity index (χ1) is 13.5. The highest BCUT2D eigenvalue weighted by Gasteiger charge is 2.25. The van der Waals surface area contributed by atoms with Gasteiger partial charge in [-0.1, -0.05) is 42.1 Å². The molecular weight excluding hydrogens is 382 g/mol. The van der Waals surface area contributed by atoms with Gasteiger partial charge in [-0.3, -0.25) is 9.59 Å². The fraction of sp³-hybridized carbons (Fsp3) is 0.368. The molecule has 0 saturated carbocycles. The Bertz CT molecular complexity index is 836. The lowest BCUT2D eigenvalue weighted by Gasteiger charge is -2.11. The van der Waals surface area contributed by atoms with Crippen molar-refractivity contribution in [1.29, 1.82) is 0 Å². The van der Waals surface area contributed by atoms with Crippen LogP contribution in [0.3, 0.4) is 0 Å². The van der Waals surface area contributed by atoms with E-state index >= 15 is 0 Å². The summed E-state index contributed by atoms with van der Waals surface area (Å²) < 4.78 is 11.4. The Labute approximate surface area is 167 Å². The molecule has 1 heterocycles. The lowest BCUT2D eigenvalue weighted by atomic mass is 10.2. The fourth-order valence-corrected chi connectivity index (χ4v) is 3.07. The number of hydrogen-bond acceptors (Lipinski definition) is 7. The predicted molar refractivity (Wildman–Crippen MR) is 105 cm³/mol. The maximum absolute atomic E-state index is 12.6. The number of ether oxygens (including phenoxy) is 2. The molecule has 28 heavy (non-hydrogen) atoms. The molecule has 0 radical (unpaired) electrons. The zero-order valence-corrected chi connectivity index (χ0v) is 16.9. The van der Waals surface area contributed by atoms with Gasteiger partial charge in [-0.05, 0) is 18.7 Å². The zero-order valence-electron chi connectivity index (χ0n) is 16.1. The van der Waals surface area contributed by atoms with Crippen molar-refractivity contribution in [2.75, 3.05) is 25.3 Å². The number of methoxy groups -OCH3 is 1. The summed E-state index contributed by atoms with van der Waals surface area (Å²) in [7, 11) is 1.26. The molecule has 150 valence electrons. The molecule has 1 aromatic heterocycles. The van der Waals surface area contributed by atoms with Gasteiger partial charge in [0, 0.05) is 6.42 Å². The largest absolute Gasteiger partial charge is 0.469 e. The number of benzene rings is 1. The number of aromatic nitrogens is 2. The number of imidazole rings is 1. The van der Waals surface area contributed by atoms with Gasteiger partial charge in [0.15, 0.2) is 16.7 Å². The van der Waals surface area contributed by atoms with Crippen molar-refractivity contribution in [3.05, 3.63) is 41.6 Å². The van der Waals surface area contributed by atoms with Crippen molar-refractivity contribution < 1.29 is 23.9 Å². The number of carbonyl (C=O) groups excluding carboxylic acids is 3. The average Bonchev–Trinajstić information content (AvgIpc) is 3.03. The number of thioether (sulfide) groups is 1. The Morgan fingerprint density at radius 2 is 1.89 bits per heavy atom. The van der Waals surface area contributed by atoms with E-state index in [4.69, 9.17) is 4.74 Å². The first-order valence-corrected chi connectivity index (χ1v) is 9.94. The predicted octanol–water partition coefficient (Wildman–Crippen LogP) is 2.72. The van der Waals surface area contributed by atoms with Crippen molar-refractivity contribution in [3.8, 4) is 0 Å². The summed E-state index contributed by atoms with van der Waals surface area (Å²) >= 11 is 1.35. The number of carbonyl (C=O) groups is 3. The summed E-state index contributed by atoms with van der Waals surface area (Å²) in [5, 5.41) is 3.18. The summed E-state index contributed by atoms with van der Waals surface area (Å²) in [6.07, 6.45) is 1.70. The smallest absolute Gasteiger partial charge is 0.358 e. The van der Waals surface area contributed by atoms with Gasteiger partial charge in [-0.25, -0.2) is 9.78 Å². The molecule has 0 unspecified atom stereocenters. The second kappa shape index (κ2) is 10.5. The van der Waals surface area contributed by atoms with E-state index in [0.717, 1.165) is 5.56 Å². The van der Waals surface area contributed by atoms with Gasteiger partial charge in [0.2, 0.25) is 5.91 Å². The topological polar surface area (TPSA) is 99.5 Å². The number of hydrogen-bond donors (Lipinski definition) is 1. The molecule has 2 rings (SSSR count). The Kier molecular flexibility index (Phi) is 8.06. The second-order valence-electron chi connectivity index (χ2n) is 5.71. The highest BCUT2D eigenvalue weighted by molar-refractivity contribution is 7.98. The van der Waals surface area contributed by atoms with Gasteiger partial charge in [0.05, 0.1) is 26.7 Å². The van der Waals surface area contributed by atoms with Crippen LogP contribution >= 0.6 is 11.8 Å². The second-order valence-corrected chi connectivity index (χ2v) is 6.49. The summed E-state index contributed by atoms with van der Waals surface area (Å²) in [5.41, 5.74) is 1.14. The number of amides is 1. The molecule has 1 N–H and O–H groups in total. The highest BCUT2D eigenvalue weighted by Crippen LogP contribution is 2.26. The summed E-state index contributed by atoms with van der Waals surface area (Å²) in [6.45, 7) is 2.30. The molecule has 0 fully saturated rings. The van der Waals surface area contributed by atoms with E-state index in [1.54, 1.807) is 11.5 Å². The molecule has 0 aliphatic carbocycles. The molecule has 1 aromatic carbocycles. The van der Waals surface area contributed by atoms with Gasteiger partial charge in [0.25, 0.3) is 0 Å². The third-order valence-electron chi connectivity index (χ3n) is 3.81. The van der Waals surface area contributed by atoms with Crippen molar-refractivity contribution in [3.63, 3.8) is 0 Å². The zero-order chi connectivity index (χ0) is 20.5. The Hall–Kier alpha value is -2.81. The van der Waals surface area contributed by atoms with Crippen LogP contribution in [0.15, 0.2) is 35.5 Å². The van der Waals surface area contributed by atoms with E-state index in [1.165, 1.54) is 18.9 Å². The van der Waals surface area contributed by atoms with E-state index in [-0.39, 0.29) is 31.0 Å². The van der Waals surface area contributed by atoms with Crippen molar-refractivity contribution in [1.82, 2.24) is 9.55 Å². The molecule has 0 spiro atoms. The first kappa shape index (κ1) is 21.5. The Balaban J connectivity index is 2.34. The molecular formula is C19H23N3O5S. The van der Waals surface area contributed by atoms with E-state index < -0.39 is 17.8 Å². The minimum atomic E-state index is -0.575. The van der Waals surface area contributed by atoms with Crippen molar-refractivity contribution in [2.24, 2.45) is 0 Å². The van der Waals surface area contributed by atoms with Crippen LogP contribution in [0.4, 0.5) is 5.82 Å². The molecule has 0 bridgehead atoms. The third kappa shape index (κ3) is 5.59. The molecule has 2 aromatic rings. The Morgan fingerprint density at radius 3 is 2.50 bits per heavy atom. The van der Waals surface area contributed by atoms with E-state index in [2.05, 4.69) is 15.0 Å². The van der Waals surface area contributed by atoms with Crippen LogP contribution in [-0.2, 0) is 25.6 Å². The van der Waals surface area contributed by atoms with Crippen LogP contribution in [0, 0.1) is 0 Å². The molecule has 0 saturated heterocycles. The van der Waals surface area contributed by atoms with Gasteiger partial charge >= 0.3 is 11.9 Å². The monoisotopic (exact) mass is 405 g/mol. The fourth-order valence-electron chi connectivity index (χ4n) is 2.51. The SMILES string of the molecule is CCOC(=O)c1c(NC(=O)CCC(=O)OC)nc(SC)n1Cc1ccccc1. The number of nitrogens with zero attached hydrogens (tertiary/aromatic N) is 2. The molecule has 0 atom stereocenters. The van der Waals surface area contributed by atoms with Crippen LogP contribution in [0.2, 0.25) is 0 Å². The van der Waals surface area contributed by atoms with Gasteiger partial charge < -0.3 is 19.4 Å². The number of nitrogens with one attached hydrogen (secondary N) is 1. The summed E-state index contributed by atoms with van der Waals surface area (Å²) in [4.78, 5) is 40.4. The minimum Gasteiger partial charge on any atom is -0.469 e. The van der Waals surface area contributed by atoms with Gasteiger partial charge in [-0.2, -0.15) is 0 Å². The molecule has 1 amide bonds. The maximum Gasteiger partial charge on any atom is 0.358 e. The van der Waals surface area contributed by atoms with Crippen molar-refractivity contribution >= 4 is 35.4 Å². The summed E-state index contributed by atoms with van der Waals surface area (Å²) in [5.74, 6) is -1.38. The first-order valence-electron chi connectivity index (χ1n) is 8.72. The lowest BCUT2D eigenvalue weighted by Crippen LogP contribution is -2.19. The summed E-state index contributed by atoms with van der Waals surface area (Å²) in [6, 6.07) is 9.60. The highest BCUT2D eigenvalue weighted by atomic mass is 32.2. The Morgan fingerprint density at radius 1 is 1.18 bits per heavy atom. The lowest BCUT2D eigenvalue weighted by molar-refractivity contribution is -0.141. The van der Waals surface area contributed by atoms with E-state index in [9.17, 15) is 14.4 Å². The third-order valence-corrected chi connectivity index (χ3v) is 4.49. The molecule has 0 aliphatic heterocycles. The maximum atomic E-state index is 12.6. The molecule has 9 heteroatoms. The quantitative estimate of drug-likeness (QED) is 0.506. The normalized spacial score (nSPS) is 10.4. The number of esters is 2. The van der Waals surface area contributed by atoms with Crippen LogP contribution in [0.1, 0.15) is 35.8 Å². The van der Waals surface area contributed by atoms with Crippen LogP contribution in [-0.4, -0.2) is 47.4 Å². The molecule has 8 nitrogen and oxygen atoms in total. The number of anilines is 1. The van der Waals surface area contributed by atoms with Gasteiger partial charge in [0.1, 0.15) is 0 Å². The van der Waals surface area contributed by atoms with Crippen LogP contribution < -0.4 is 5.32 Å².